The molecule has 0 radical (unpaired) electrons. The fourth-order valence-corrected chi connectivity index (χ4v) is 1.32. The van der Waals surface area contributed by atoms with Crippen molar-refractivity contribution >= 4 is 11.8 Å². The third kappa shape index (κ3) is 4.08. The summed E-state index contributed by atoms with van der Waals surface area (Å²) in [7, 11) is 0. The molecule has 19 heavy (non-hydrogen) atoms. The van der Waals surface area contributed by atoms with Gasteiger partial charge in [0.1, 0.15) is 0 Å². The first-order valence-corrected chi connectivity index (χ1v) is 4.72. The molecular formula is C9H7F3N2O5. The van der Waals surface area contributed by atoms with Gasteiger partial charge >= 0.3 is 24.0 Å². The number of carboxylic acids is 1. The Morgan fingerprint density at radius 3 is 2.58 bits per heavy atom. The highest BCUT2D eigenvalue weighted by atomic mass is 19.4. The number of nitro groups is 1. The van der Waals surface area contributed by atoms with Gasteiger partial charge in [-0.3, -0.25) is 4.79 Å². The normalized spacial score (nSPS) is 11.2. The fraction of sp³-hybridized carbons (Fsp3) is 0.333. The average molecular weight is 280 g/mol. The van der Waals surface area contributed by atoms with Gasteiger partial charge in [0.25, 0.3) is 0 Å². The van der Waals surface area contributed by atoms with Crippen LogP contribution in [-0.2, 0) is 11.2 Å². The van der Waals surface area contributed by atoms with E-state index in [1.165, 1.54) is 6.92 Å². The number of rotatable bonds is 4. The Kier molecular flexibility index (Phi) is 3.92. The standard InChI is InChI=1S/C9H7F3N2O5/c1-4-5(3-7(15)16)2-6(19-9(10,11)12)13-8(4)14(17)18/h2H,3H2,1H3,(H,15,16). The number of ether oxygens (including phenoxy) is 1. The zero-order valence-electron chi connectivity index (χ0n) is 9.39. The molecule has 0 atom stereocenters. The fourth-order valence-electron chi connectivity index (χ4n) is 1.32. The van der Waals surface area contributed by atoms with Gasteiger partial charge in [-0.2, -0.15) is 0 Å². The van der Waals surface area contributed by atoms with Gasteiger partial charge in [-0.25, -0.2) is 0 Å². The summed E-state index contributed by atoms with van der Waals surface area (Å²) in [5.41, 5.74) is -0.296. The van der Waals surface area contributed by atoms with E-state index in [1.807, 2.05) is 0 Å². The number of hydrogen-bond acceptors (Lipinski definition) is 5. The molecule has 1 aromatic rings. The van der Waals surface area contributed by atoms with Crippen molar-refractivity contribution in [1.29, 1.82) is 0 Å². The third-order valence-corrected chi connectivity index (χ3v) is 2.07. The topological polar surface area (TPSA) is 103 Å². The number of carboxylic acid groups (broad SMARTS) is 1. The SMILES string of the molecule is Cc1c(CC(=O)O)cc(OC(F)(F)F)nc1[N+](=O)[O-]. The van der Waals surface area contributed by atoms with Crippen molar-refractivity contribution in [2.24, 2.45) is 0 Å². The van der Waals surface area contributed by atoms with E-state index in [0.717, 1.165) is 0 Å². The van der Waals surface area contributed by atoms with E-state index in [-0.39, 0.29) is 11.1 Å². The van der Waals surface area contributed by atoms with Gasteiger partial charge in [0.15, 0.2) is 0 Å². The molecular weight excluding hydrogens is 273 g/mol. The largest absolute Gasteiger partial charge is 0.575 e. The Morgan fingerprint density at radius 1 is 1.58 bits per heavy atom. The van der Waals surface area contributed by atoms with E-state index in [2.05, 4.69) is 9.72 Å². The molecule has 1 N–H and O–H groups in total. The molecule has 0 aromatic carbocycles. The van der Waals surface area contributed by atoms with Gasteiger partial charge in [-0.1, -0.05) is 0 Å². The van der Waals surface area contributed by atoms with Crippen LogP contribution in [0, 0.1) is 17.0 Å². The Labute approximate surface area is 103 Å². The first-order valence-electron chi connectivity index (χ1n) is 4.72. The quantitative estimate of drug-likeness (QED) is 0.666. The summed E-state index contributed by atoms with van der Waals surface area (Å²) in [6.07, 6.45) is -5.75. The van der Waals surface area contributed by atoms with Crippen molar-refractivity contribution in [2.75, 3.05) is 0 Å². The number of alkyl halides is 3. The molecule has 0 fully saturated rings. The molecule has 104 valence electrons. The molecule has 0 aliphatic heterocycles. The van der Waals surface area contributed by atoms with Crippen LogP contribution in [0.4, 0.5) is 19.0 Å². The van der Waals surface area contributed by atoms with E-state index in [4.69, 9.17) is 5.11 Å². The van der Waals surface area contributed by atoms with Crippen molar-refractivity contribution in [3.63, 3.8) is 0 Å². The Morgan fingerprint density at radius 2 is 2.16 bits per heavy atom. The third-order valence-electron chi connectivity index (χ3n) is 2.07. The van der Waals surface area contributed by atoms with E-state index in [1.54, 1.807) is 0 Å². The number of halogens is 3. The second-order valence-electron chi connectivity index (χ2n) is 3.44. The summed E-state index contributed by atoms with van der Waals surface area (Å²) in [5, 5.41) is 19.2. The van der Waals surface area contributed by atoms with Crippen molar-refractivity contribution in [3.05, 3.63) is 27.3 Å². The van der Waals surface area contributed by atoms with Crippen LogP contribution in [0.25, 0.3) is 0 Å². The van der Waals surface area contributed by atoms with E-state index >= 15 is 0 Å². The number of carbonyl (C=O) groups is 1. The maximum Gasteiger partial charge on any atom is 0.575 e. The number of nitrogens with zero attached hydrogens (tertiary/aromatic N) is 2. The minimum absolute atomic E-state index is 0.123. The molecule has 7 nitrogen and oxygen atoms in total. The summed E-state index contributed by atoms with van der Waals surface area (Å²) in [5.74, 6) is -3.29. The molecule has 10 heteroatoms. The second-order valence-corrected chi connectivity index (χ2v) is 3.44. The highest BCUT2D eigenvalue weighted by molar-refractivity contribution is 5.71. The van der Waals surface area contributed by atoms with Gasteiger partial charge in [-0.05, 0) is 17.4 Å². The summed E-state index contributed by atoms with van der Waals surface area (Å²) in [4.78, 5) is 23.3. The Bertz CT molecular complexity index is 529. The number of aromatic nitrogens is 1. The smallest absolute Gasteiger partial charge is 0.481 e. The van der Waals surface area contributed by atoms with E-state index in [0.29, 0.717) is 6.07 Å². The van der Waals surface area contributed by atoms with Crippen LogP contribution in [-0.4, -0.2) is 27.3 Å². The number of aliphatic carboxylic acids is 1. The van der Waals surface area contributed by atoms with Gasteiger partial charge < -0.3 is 20.0 Å². The maximum atomic E-state index is 12.0. The first-order chi connectivity index (χ1) is 8.60. The van der Waals surface area contributed by atoms with Gasteiger partial charge in [0.2, 0.25) is 0 Å². The van der Waals surface area contributed by atoms with Crippen LogP contribution in [0.1, 0.15) is 11.1 Å². The molecule has 0 saturated carbocycles. The zero-order valence-corrected chi connectivity index (χ0v) is 9.39. The van der Waals surface area contributed by atoms with Crippen LogP contribution in [0.3, 0.4) is 0 Å². The summed E-state index contributed by atoms with van der Waals surface area (Å²) in [6, 6.07) is 0.712. The lowest BCUT2D eigenvalue weighted by atomic mass is 10.1. The predicted molar refractivity (Wildman–Crippen MR) is 53.7 cm³/mol. The van der Waals surface area contributed by atoms with Gasteiger partial charge in [0.05, 0.1) is 12.0 Å². The minimum atomic E-state index is -5.07. The molecule has 1 heterocycles. The van der Waals surface area contributed by atoms with Crippen molar-refractivity contribution in [3.8, 4) is 5.88 Å². The molecule has 0 unspecified atom stereocenters. The monoisotopic (exact) mass is 280 g/mol. The second kappa shape index (κ2) is 5.08. The number of pyridine rings is 1. The van der Waals surface area contributed by atoms with Crippen molar-refractivity contribution in [2.45, 2.75) is 19.7 Å². The van der Waals surface area contributed by atoms with Gasteiger partial charge in [0, 0.05) is 11.1 Å². The van der Waals surface area contributed by atoms with Crippen molar-refractivity contribution in [1.82, 2.24) is 4.98 Å². The molecule has 1 rings (SSSR count). The summed E-state index contributed by atoms with van der Waals surface area (Å²) < 4.78 is 39.5. The minimum Gasteiger partial charge on any atom is -0.481 e. The maximum absolute atomic E-state index is 12.0. The van der Waals surface area contributed by atoms with Crippen LogP contribution in [0.2, 0.25) is 0 Å². The van der Waals surface area contributed by atoms with Crippen LogP contribution in [0.5, 0.6) is 5.88 Å². The molecule has 0 aliphatic rings. The highest BCUT2D eigenvalue weighted by Crippen LogP contribution is 2.28. The van der Waals surface area contributed by atoms with Crippen molar-refractivity contribution < 1.29 is 32.7 Å². The molecule has 0 bridgehead atoms. The molecule has 1 aromatic heterocycles. The summed E-state index contributed by atoms with van der Waals surface area (Å²) >= 11 is 0. The van der Waals surface area contributed by atoms with Crippen LogP contribution in [0.15, 0.2) is 6.07 Å². The predicted octanol–water partition coefficient (Wildman–Crippen LogP) is 1.82. The zero-order chi connectivity index (χ0) is 14.8. The lowest BCUT2D eigenvalue weighted by molar-refractivity contribution is -0.390. The summed E-state index contributed by atoms with van der Waals surface area (Å²) in [6.45, 7) is 1.20. The lowest BCUT2D eigenvalue weighted by Gasteiger charge is -2.08. The molecule has 0 saturated heterocycles. The van der Waals surface area contributed by atoms with E-state index in [9.17, 15) is 28.1 Å². The van der Waals surface area contributed by atoms with E-state index < -0.39 is 35.4 Å². The highest BCUT2D eigenvalue weighted by Gasteiger charge is 2.35. The molecule has 0 aliphatic carbocycles. The van der Waals surface area contributed by atoms with Gasteiger partial charge in [-0.15, -0.1) is 13.2 Å². The molecule has 0 amide bonds. The Hall–Kier alpha value is -2.39. The lowest BCUT2D eigenvalue weighted by Crippen LogP contribution is -2.19. The Balaban J connectivity index is 3.30. The first kappa shape index (κ1) is 14.7. The average Bonchev–Trinajstić information content (AvgIpc) is 2.19. The number of hydrogen-bond donors (Lipinski definition) is 1. The van der Waals surface area contributed by atoms with Crippen LogP contribution >= 0.6 is 0 Å². The molecule has 0 spiro atoms. The van der Waals surface area contributed by atoms with Crippen LogP contribution < -0.4 is 4.74 Å².